The third kappa shape index (κ3) is 2.76. The molecular weight excluding hydrogens is 378 g/mol. The molecule has 3 aromatic rings. The maximum absolute atomic E-state index is 13.3. The van der Waals surface area contributed by atoms with Gasteiger partial charge in [0.2, 0.25) is 0 Å². The van der Waals surface area contributed by atoms with Gasteiger partial charge in [-0.2, -0.15) is 0 Å². The first-order valence-corrected chi connectivity index (χ1v) is 9.41. The van der Waals surface area contributed by atoms with E-state index in [2.05, 4.69) is 34.1 Å². The van der Waals surface area contributed by atoms with E-state index in [0.717, 1.165) is 40.8 Å². The van der Waals surface area contributed by atoms with E-state index < -0.39 is 0 Å². The topological polar surface area (TPSA) is 37.6 Å². The molecule has 0 saturated heterocycles. The number of hydrogen-bond donors (Lipinski definition) is 0. The molecule has 0 N–H and O–H groups in total. The number of aromatic nitrogens is 2. The quantitative estimate of drug-likeness (QED) is 0.650. The minimum atomic E-state index is 0.0661. The summed E-state index contributed by atoms with van der Waals surface area (Å²) in [5.41, 5.74) is 6.04. The lowest BCUT2D eigenvalue weighted by Gasteiger charge is -2.29. The number of rotatable bonds is 2. The number of halogens is 1. The third-order valence-corrected chi connectivity index (χ3v) is 5.42. The Labute approximate surface area is 155 Å². The number of carbonyl (C=O) groups is 1. The number of benzene rings is 1. The van der Waals surface area contributed by atoms with Gasteiger partial charge in [-0.15, -0.1) is 0 Å². The Bertz CT molecular complexity index is 976. The van der Waals surface area contributed by atoms with Crippen LogP contribution in [0.5, 0.6) is 0 Å². The van der Waals surface area contributed by atoms with Crippen LogP contribution in [0.15, 0.2) is 41.0 Å². The van der Waals surface area contributed by atoms with Crippen molar-refractivity contribution in [2.45, 2.75) is 33.2 Å². The molecule has 4 rings (SSSR count). The van der Waals surface area contributed by atoms with Gasteiger partial charge in [-0.1, -0.05) is 31.2 Å². The minimum absolute atomic E-state index is 0.0661. The molecule has 0 atom stereocenters. The number of amides is 1. The van der Waals surface area contributed by atoms with E-state index in [4.69, 9.17) is 4.98 Å². The second-order valence-corrected chi connectivity index (χ2v) is 7.42. The van der Waals surface area contributed by atoms with Crippen molar-refractivity contribution < 1.29 is 4.79 Å². The van der Waals surface area contributed by atoms with Crippen molar-refractivity contribution in [3.05, 3.63) is 69.1 Å². The lowest BCUT2D eigenvalue weighted by Crippen LogP contribution is -2.37. The summed E-state index contributed by atoms with van der Waals surface area (Å²) in [5, 5.41) is 0. The SMILES string of the molecule is CCc1nc2c(Br)cc(C)cn2c1C(=O)N1CCc2ccccc2C1. The molecule has 1 aromatic carbocycles. The largest absolute Gasteiger partial charge is 0.333 e. The molecule has 0 spiro atoms. The van der Waals surface area contributed by atoms with Crippen LogP contribution in [0.1, 0.15) is 39.8 Å². The van der Waals surface area contributed by atoms with Crippen LogP contribution in [-0.2, 0) is 19.4 Å². The van der Waals surface area contributed by atoms with Crippen molar-refractivity contribution in [1.29, 1.82) is 0 Å². The Morgan fingerprint density at radius 1 is 1.28 bits per heavy atom. The highest BCUT2D eigenvalue weighted by atomic mass is 79.9. The molecule has 0 bridgehead atoms. The molecule has 1 aliphatic heterocycles. The highest BCUT2D eigenvalue weighted by Gasteiger charge is 2.27. The molecule has 5 heteroatoms. The summed E-state index contributed by atoms with van der Waals surface area (Å²) in [7, 11) is 0. The van der Waals surface area contributed by atoms with Crippen molar-refractivity contribution in [2.75, 3.05) is 6.54 Å². The molecule has 1 amide bonds. The van der Waals surface area contributed by atoms with Crippen LogP contribution in [0.3, 0.4) is 0 Å². The summed E-state index contributed by atoms with van der Waals surface area (Å²) in [6, 6.07) is 10.4. The molecule has 0 fully saturated rings. The average molecular weight is 398 g/mol. The number of aryl methyl sites for hydroxylation is 2. The van der Waals surface area contributed by atoms with Gasteiger partial charge >= 0.3 is 0 Å². The van der Waals surface area contributed by atoms with Crippen LogP contribution < -0.4 is 0 Å². The van der Waals surface area contributed by atoms with Gasteiger partial charge in [0.05, 0.1) is 10.2 Å². The molecule has 25 heavy (non-hydrogen) atoms. The molecular formula is C20H20BrN3O. The van der Waals surface area contributed by atoms with Crippen LogP contribution in [0.4, 0.5) is 0 Å². The number of carbonyl (C=O) groups excluding carboxylic acids is 1. The Balaban J connectivity index is 1.78. The fourth-order valence-corrected chi connectivity index (χ4v) is 4.21. The maximum Gasteiger partial charge on any atom is 0.273 e. The van der Waals surface area contributed by atoms with Gasteiger partial charge in [0.25, 0.3) is 5.91 Å². The summed E-state index contributed by atoms with van der Waals surface area (Å²) in [6.45, 7) is 5.49. The van der Waals surface area contributed by atoms with Crippen LogP contribution in [-0.4, -0.2) is 26.7 Å². The third-order valence-electron chi connectivity index (χ3n) is 4.84. The van der Waals surface area contributed by atoms with Crippen LogP contribution in [0, 0.1) is 6.92 Å². The van der Waals surface area contributed by atoms with Crippen molar-refractivity contribution in [2.24, 2.45) is 0 Å². The van der Waals surface area contributed by atoms with Gasteiger partial charge in [0, 0.05) is 19.3 Å². The van der Waals surface area contributed by atoms with Gasteiger partial charge in [-0.05, 0) is 58.5 Å². The summed E-state index contributed by atoms with van der Waals surface area (Å²) < 4.78 is 2.87. The first-order valence-electron chi connectivity index (χ1n) is 8.61. The molecule has 0 aliphatic carbocycles. The molecule has 0 unspecified atom stereocenters. The lowest BCUT2D eigenvalue weighted by molar-refractivity contribution is 0.0726. The van der Waals surface area contributed by atoms with Crippen molar-refractivity contribution >= 4 is 27.5 Å². The highest BCUT2D eigenvalue weighted by molar-refractivity contribution is 9.10. The number of hydrogen-bond acceptors (Lipinski definition) is 2. The Morgan fingerprint density at radius 2 is 2.04 bits per heavy atom. The molecule has 4 nitrogen and oxygen atoms in total. The van der Waals surface area contributed by atoms with E-state index >= 15 is 0 Å². The standard InChI is InChI=1S/C20H20BrN3O/c1-3-17-18(24-11-13(2)10-16(21)19(24)22-17)20(25)23-9-8-14-6-4-5-7-15(14)12-23/h4-7,10-11H,3,8-9,12H2,1-2H3. The predicted octanol–water partition coefficient (Wildman–Crippen LogP) is 4.17. The number of imidazole rings is 1. The van der Waals surface area contributed by atoms with Gasteiger partial charge < -0.3 is 4.90 Å². The summed E-state index contributed by atoms with van der Waals surface area (Å²) >= 11 is 3.58. The maximum atomic E-state index is 13.3. The Morgan fingerprint density at radius 3 is 2.80 bits per heavy atom. The highest BCUT2D eigenvalue weighted by Crippen LogP contribution is 2.26. The minimum Gasteiger partial charge on any atom is -0.333 e. The molecule has 1 aliphatic rings. The molecule has 3 heterocycles. The van der Waals surface area contributed by atoms with Gasteiger partial charge in [0.15, 0.2) is 5.65 Å². The van der Waals surface area contributed by atoms with E-state index in [-0.39, 0.29) is 5.91 Å². The molecule has 128 valence electrons. The van der Waals surface area contributed by atoms with Gasteiger partial charge in [-0.3, -0.25) is 9.20 Å². The lowest BCUT2D eigenvalue weighted by atomic mass is 9.99. The van der Waals surface area contributed by atoms with E-state index in [0.29, 0.717) is 12.2 Å². The average Bonchev–Trinajstić information content (AvgIpc) is 2.99. The van der Waals surface area contributed by atoms with E-state index in [1.54, 1.807) is 0 Å². The molecule has 0 radical (unpaired) electrons. The van der Waals surface area contributed by atoms with Crippen molar-refractivity contribution in [1.82, 2.24) is 14.3 Å². The number of pyridine rings is 1. The summed E-state index contributed by atoms with van der Waals surface area (Å²) in [4.78, 5) is 20.0. The zero-order chi connectivity index (χ0) is 17.6. The Kier molecular flexibility index (Phi) is 4.12. The molecule has 0 saturated carbocycles. The zero-order valence-corrected chi connectivity index (χ0v) is 16.0. The monoisotopic (exact) mass is 397 g/mol. The van der Waals surface area contributed by atoms with Crippen LogP contribution in [0.25, 0.3) is 5.65 Å². The van der Waals surface area contributed by atoms with Crippen molar-refractivity contribution in [3.8, 4) is 0 Å². The second-order valence-electron chi connectivity index (χ2n) is 6.57. The number of fused-ring (bicyclic) bond motifs is 2. The summed E-state index contributed by atoms with van der Waals surface area (Å²) in [6.07, 6.45) is 3.64. The van der Waals surface area contributed by atoms with Crippen LogP contribution in [0.2, 0.25) is 0 Å². The number of nitrogens with zero attached hydrogens (tertiary/aromatic N) is 3. The van der Waals surface area contributed by atoms with Gasteiger partial charge in [0.1, 0.15) is 5.69 Å². The Hall–Kier alpha value is -2.14. The van der Waals surface area contributed by atoms with Crippen molar-refractivity contribution in [3.63, 3.8) is 0 Å². The second kappa shape index (κ2) is 6.30. The normalized spacial score (nSPS) is 14.0. The van der Waals surface area contributed by atoms with E-state index in [1.807, 2.05) is 41.5 Å². The fourth-order valence-electron chi connectivity index (χ4n) is 3.57. The van der Waals surface area contributed by atoms with Gasteiger partial charge in [-0.25, -0.2) is 4.98 Å². The zero-order valence-electron chi connectivity index (χ0n) is 14.4. The summed E-state index contributed by atoms with van der Waals surface area (Å²) in [5.74, 6) is 0.0661. The molecule has 2 aromatic heterocycles. The van der Waals surface area contributed by atoms with E-state index in [1.165, 1.54) is 11.1 Å². The van der Waals surface area contributed by atoms with E-state index in [9.17, 15) is 4.79 Å². The smallest absolute Gasteiger partial charge is 0.273 e. The fraction of sp³-hybridized carbons (Fsp3) is 0.300. The first-order chi connectivity index (χ1) is 12.1. The first kappa shape index (κ1) is 16.3. The predicted molar refractivity (Wildman–Crippen MR) is 102 cm³/mol. The van der Waals surface area contributed by atoms with Crippen LogP contribution >= 0.6 is 15.9 Å².